The number of ether oxygens (including phenoxy) is 2. The molecule has 19 heavy (non-hydrogen) atoms. The number of hydrogen-bond donors (Lipinski definition) is 2. The first kappa shape index (κ1) is 13.8. The van der Waals surface area contributed by atoms with Gasteiger partial charge in [0.05, 0.1) is 11.4 Å². The second kappa shape index (κ2) is 6.04. The molecule has 1 aromatic carbocycles. The van der Waals surface area contributed by atoms with Gasteiger partial charge < -0.3 is 20.5 Å². The molecule has 1 aliphatic heterocycles. The molecule has 0 saturated heterocycles. The van der Waals surface area contributed by atoms with Crippen molar-refractivity contribution in [1.82, 2.24) is 0 Å². The Balaban J connectivity index is 2.16. The first-order valence-electron chi connectivity index (χ1n) is 7.11. The predicted octanol–water partition coefficient (Wildman–Crippen LogP) is 3.28. The van der Waals surface area contributed by atoms with E-state index in [2.05, 4.69) is 26.1 Å². The zero-order valence-corrected chi connectivity index (χ0v) is 12.0. The maximum atomic E-state index is 6.08. The van der Waals surface area contributed by atoms with Crippen molar-refractivity contribution in [3.63, 3.8) is 0 Å². The summed E-state index contributed by atoms with van der Waals surface area (Å²) in [6.45, 7) is 7.83. The van der Waals surface area contributed by atoms with E-state index in [0.717, 1.165) is 30.0 Å². The number of nitrogen functional groups attached to an aromatic ring is 1. The third kappa shape index (κ3) is 3.06. The molecule has 0 radical (unpaired) electrons. The molecule has 1 heterocycles. The standard InChI is InChI=1S/C15H24N2O2/c1-4-11(5-2)10(3)17-13-9-15-14(8-12(13)16)18-6-7-19-15/h8-11,17H,4-7,16H2,1-3H3. The van der Waals surface area contributed by atoms with Gasteiger partial charge in [-0.05, 0) is 12.8 Å². The molecule has 1 atom stereocenters. The van der Waals surface area contributed by atoms with Crippen LogP contribution in [0.25, 0.3) is 0 Å². The van der Waals surface area contributed by atoms with Crippen LogP contribution in [0.3, 0.4) is 0 Å². The van der Waals surface area contributed by atoms with Gasteiger partial charge >= 0.3 is 0 Å². The highest BCUT2D eigenvalue weighted by Crippen LogP contribution is 2.37. The van der Waals surface area contributed by atoms with Gasteiger partial charge in [-0.25, -0.2) is 0 Å². The van der Waals surface area contributed by atoms with Crippen molar-refractivity contribution in [1.29, 1.82) is 0 Å². The normalized spacial score (nSPS) is 15.4. The molecule has 0 spiro atoms. The Hall–Kier alpha value is -1.58. The summed E-state index contributed by atoms with van der Waals surface area (Å²) in [5, 5.41) is 3.50. The molecule has 0 bridgehead atoms. The van der Waals surface area contributed by atoms with E-state index in [9.17, 15) is 0 Å². The fraction of sp³-hybridized carbons (Fsp3) is 0.600. The Morgan fingerprint density at radius 2 is 1.74 bits per heavy atom. The molecule has 0 amide bonds. The van der Waals surface area contributed by atoms with Crippen molar-refractivity contribution < 1.29 is 9.47 Å². The van der Waals surface area contributed by atoms with Crippen molar-refractivity contribution in [2.75, 3.05) is 24.3 Å². The lowest BCUT2D eigenvalue weighted by Gasteiger charge is -2.26. The molecule has 0 fully saturated rings. The van der Waals surface area contributed by atoms with Crippen LogP contribution >= 0.6 is 0 Å². The maximum absolute atomic E-state index is 6.08. The zero-order valence-electron chi connectivity index (χ0n) is 12.0. The van der Waals surface area contributed by atoms with E-state index in [1.807, 2.05) is 12.1 Å². The van der Waals surface area contributed by atoms with Crippen molar-refractivity contribution in [2.45, 2.75) is 39.7 Å². The molecule has 4 heteroatoms. The Labute approximate surface area is 115 Å². The van der Waals surface area contributed by atoms with Gasteiger partial charge in [-0.2, -0.15) is 0 Å². The minimum atomic E-state index is 0.389. The monoisotopic (exact) mass is 264 g/mol. The zero-order chi connectivity index (χ0) is 13.8. The van der Waals surface area contributed by atoms with Gasteiger partial charge in [-0.15, -0.1) is 0 Å². The Bertz CT molecular complexity index is 430. The fourth-order valence-electron chi connectivity index (χ4n) is 2.59. The number of nitrogens with two attached hydrogens (primary N) is 1. The summed E-state index contributed by atoms with van der Waals surface area (Å²) in [4.78, 5) is 0. The number of fused-ring (bicyclic) bond motifs is 1. The topological polar surface area (TPSA) is 56.5 Å². The second-order valence-electron chi connectivity index (χ2n) is 5.09. The lowest BCUT2D eigenvalue weighted by atomic mass is 9.95. The van der Waals surface area contributed by atoms with Gasteiger partial charge in [0, 0.05) is 18.2 Å². The third-order valence-corrected chi connectivity index (χ3v) is 3.85. The molecule has 3 N–H and O–H groups in total. The Morgan fingerprint density at radius 3 is 2.32 bits per heavy atom. The van der Waals surface area contributed by atoms with Crippen LogP contribution < -0.4 is 20.5 Å². The smallest absolute Gasteiger partial charge is 0.163 e. The largest absolute Gasteiger partial charge is 0.486 e. The maximum Gasteiger partial charge on any atom is 0.163 e. The molecule has 1 unspecified atom stereocenters. The average molecular weight is 264 g/mol. The number of nitrogens with one attached hydrogen (secondary N) is 1. The summed E-state index contributed by atoms with van der Waals surface area (Å²) < 4.78 is 11.1. The molecular weight excluding hydrogens is 240 g/mol. The minimum absolute atomic E-state index is 0.389. The van der Waals surface area contributed by atoms with Crippen LogP contribution in [-0.4, -0.2) is 19.3 Å². The van der Waals surface area contributed by atoms with E-state index in [1.54, 1.807) is 0 Å². The SMILES string of the molecule is CCC(CC)C(C)Nc1cc2c(cc1N)OCCO2. The summed E-state index contributed by atoms with van der Waals surface area (Å²) in [6.07, 6.45) is 2.32. The minimum Gasteiger partial charge on any atom is -0.486 e. The van der Waals surface area contributed by atoms with Crippen LogP contribution in [0.15, 0.2) is 12.1 Å². The van der Waals surface area contributed by atoms with Crippen molar-refractivity contribution in [3.05, 3.63) is 12.1 Å². The van der Waals surface area contributed by atoms with E-state index < -0.39 is 0 Å². The lowest BCUT2D eigenvalue weighted by Crippen LogP contribution is -2.25. The third-order valence-electron chi connectivity index (χ3n) is 3.85. The summed E-state index contributed by atoms with van der Waals surface area (Å²) >= 11 is 0. The molecule has 1 aliphatic rings. The summed E-state index contributed by atoms with van der Waals surface area (Å²) in [6, 6.07) is 4.18. The van der Waals surface area contributed by atoms with Gasteiger partial charge in [0.25, 0.3) is 0 Å². The number of anilines is 2. The molecule has 0 aliphatic carbocycles. The van der Waals surface area contributed by atoms with Crippen LogP contribution in [-0.2, 0) is 0 Å². The molecule has 4 nitrogen and oxygen atoms in total. The first-order chi connectivity index (χ1) is 9.15. The molecule has 0 aromatic heterocycles. The lowest BCUT2D eigenvalue weighted by molar-refractivity contribution is 0.172. The van der Waals surface area contributed by atoms with E-state index in [4.69, 9.17) is 15.2 Å². The quantitative estimate of drug-likeness (QED) is 0.801. The van der Waals surface area contributed by atoms with Crippen molar-refractivity contribution >= 4 is 11.4 Å². The van der Waals surface area contributed by atoms with Gasteiger partial charge in [-0.1, -0.05) is 26.7 Å². The highest BCUT2D eigenvalue weighted by molar-refractivity contribution is 5.72. The summed E-state index contributed by atoms with van der Waals surface area (Å²) in [5.74, 6) is 2.16. The Kier molecular flexibility index (Phi) is 4.40. The van der Waals surface area contributed by atoms with Crippen LogP contribution in [0.1, 0.15) is 33.6 Å². The van der Waals surface area contributed by atoms with Crippen molar-refractivity contribution in [3.8, 4) is 11.5 Å². The number of benzene rings is 1. The average Bonchev–Trinajstić information content (AvgIpc) is 2.41. The van der Waals surface area contributed by atoms with Crippen LogP contribution in [0.2, 0.25) is 0 Å². The van der Waals surface area contributed by atoms with Gasteiger partial charge in [0.1, 0.15) is 13.2 Å². The molecular formula is C15H24N2O2. The van der Waals surface area contributed by atoms with Gasteiger partial charge in [0.2, 0.25) is 0 Å². The number of rotatable bonds is 5. The van der Waals surface area contributed by atoms with Gasteiger partial charge in [0.15, 0.2) is 11.5 Å². The highest BCUT2D eigenvalue weighted by atomic mass is 16.6. The second-order valence-corrected chi connectivity index (χ2v) is 5.09. The summed E-state index contributed by atoms with van der Waals surface area (Å²) in [7, 11) is 0. The van der Waals surface area contributed by atoms with Crippen LogP contribution in [0, 0.1) is 5.92 Å². The van der Waals surface area contributed by atoms with Crippen molar-refractivity contribution in [2.24, 2.45) is 5.92 Å². The number of hydrogen-bond acceptors (Lipinski definition) is 4. The molecule has 2 rings (SSSR count). The Morgan fingerprint density at radius 1 is 1.16 bits per heavy atom. The highest BCUT2D eigenvalue weighted by Gasteiger charge is 2.18. The first-order valence-corrected chi connectivity index (χ1v) is 7.11. The van der Waals surface area contributed by atoms with Gasteiger partial charge in [-0.3, -0.25) is 0 Å². The summed E-state index contributed by atoms with van der Waals surface area (Å²) in [5.41, 5.74) is 7.72. The van der Waals surface area contributed by atoms with E-state index >= 15 is 0 Å². The van der Waals surface area contributed by atoms with Crippen LogP contribution in [0.5, 0.6) is 11.5 Å². The van der Waals surface area contributed by atoms with E-state index in [-0.39, 0.29) is 0 Å². The predicted molar refractivity (Wildman–Crippen MR) is 79.0 cm³/mol. The molecule has 0 saturated carbocycles. The molecule has 106 valence electrons. The fourth-order valence-corrected chi connectivity index (χ4v) is 2.59. The van der Waals surface area contributed by atoms with E-state index in [0.29, 0.717) is 30.9 Å². The van der Waals surface area contributed by atoms with E-state index in [1.165, 1.54) is 0 Å². The van der Waals surface area contributed by atoms with Crippen LogP contribution in [0.4, 0.5) is 11.4 Å². The molecule has 1 aromatic rings.